The lowest BCUT2D eigenvalue weighted by Gasteiger charge is -2.06. The molecular weight excluding hydrogens is 362 g/mol. The smallest absolute Gasteiger partial charge is 0.249 e. The highest BCUT2D eigenvalue weighted by Crippen LogP contribution is 2.26. The molecule has 0 amide bonds. The number of nitrogens with one attached hydrogen (secondary N) is 1. The highest BCUT2D eigenvalue weighted by Gasteiger charge is 2.15. The highest BCUT2D eigenvalue weighted by atomic mass is 35.5. The quantitative estimate of drug-likeness (QED) is 0.712. The van der Waals surface area contributed by atoms with Crippen molar-refractivity contribution in [1.29, 1.82) is 0 Å². The fourth-order valence-electron chi connectivity index (χ4n) is 2.26. The highest BCUT2D eigenvalue weighted by molar-refractivity contribution is 7.89. The van der Waals surface area contributed by atoms with Gasteiger partial charge in [0, 0.05) is 13.0 Å². The van der Waals surface area contributed by atoms with E-state index in [1.54, 1.807) is 30.3 Å². The van der Waals surface area contributed by atoms with Gasteiger partial charge in [-0.15, -0.1) is 10.2 Å². The van der Waals surface area contributed by atoms with Gasteiger partial charge >= 0.3 is 0 Å². The molecule has 3 rings (SSSR count). The monoisotopic (exact) mass is 377 g/mol. The third kappa shape index (κ3) is 4.25. The normalized spacial score (nSPS) is 11.6. The molecule has 8 heteroatoms. The van der Waals surface area contributed by atoms with Gasteiger partial charge in [0.1, 0.15) is 0 Å². The van der Waals surface area contributed by atoms with Crippen molar-refractivity contribution in [3.63, 3.8) is 0 Å². The zero-order valence-corrected chi connectivity index (χ0v) is 15.0. The number of aromatic nitrogens is 2. The van der Waals surface area contributed by atoms with E-state index in [-0.39, 0.29) is 17.9 Å². The Balaban J connectivity index is 1.64. The van der Waals surface area contributed by atoms with Crippen LogP contribution in [0.3, 0.4) is 0 Å². The molecule has 0 bridgehead atoms. The first-order valence-electron chi connectivity index (χ1n) is 7.59. The number of hydrogen-bond acceptors (Lipinski definition) is 5. The average molecular weight is 378 g/mol. The largest absolute Gasteiger partial charge is 0.421 e. The zero-order valence-electron chi connectivity index (χ0n) is 13.4. The fraction of sp³-hybridized carbons (Fsp3) is 0.176. The molecule has 1 N–H and O–H groups in total. The van der Waals surface area contributed by atoms with E-state index in [1.165, 1.54) is 0 Å². The van der Waals surface area contributed by atoms with Crippen LogP contribution >= 0.6 is 11.6 Å². The standard InChI is InChI=1S/C17H16ClN3O3S/c1-12-5-4-6-13(11-12)25(22,23)19-10-9-16-20-21-17(24-16)14-7-2-3-8-15(14)18/h2-8,11,19H,9-10H2,1H3. The van der Waals surface area contributed by atoms with E-state index in [2.05, 4.69) is 14.9 Å². The van der Waals surface area contributed by atoms with Crippen LogP contribution in [0, 0.1) is 6.92 Å². The number of aryl methyl sites for hydroxylation is 1. The molecule has 0 aliphatic rings. The molecule has 1 heterocycles. The van der Waals surface area contributed by atoms with Crippen molar-refractivity contribution in [1.82, 2.24) is 14.9 Å². The second-order valence-electron chi connectivity index (χ2n) is 5.45. The zero-order chi connectivity index (χ0) is 17.9. The number of benzene rings is 2. The summed E-state index contributed by atoms with van der Waals surface area (Å²) in [5.74, 6) is 0.643. The summed E-state index contributed by atoms with van der Waals surface area (Å²) in [7, 11) is -3.57. The molecule has 6 nitrogen and oxygen atoms in total. The van der Waals surface area contributed by atoms with Gasteiger partial charge in [0.05, 0.1) is 15.5 Å². The molecule has 25 heavy (non-hydrogen) atoms. The maximum Gasteiger partial charge on any atom is 0.249 e. The van der Waals surface area contributed by atoms with Crippen LogP contribution in [0.5, 0.6) is 0 Å². The molecule has 0 fully saturated rings. The first-order valence-corrected chi connectivity index (χ1v) is 9.45. The lowest BCUT2D eigenvalue weighted by molar-refractivity contribution is 0.502. The van der Waals surface area contributed by atoms with E-state index in [4.69, 9.17) is 16.0 Å². The predicted octanol–water partition coefficient (Wildman–Crippen LogP) is 3.22. The molecule has 1 aromatic heterocycles. The maximum absolute atomic E-state index is 12.3. The fourth-order valence-corrected chi connectivity index (χ4v) is 3.61. The van der Waals surface area contributed by atoms with E-state index < -0.39 is 10.0 Å². The SMILES string of the molecule is Cc1cccc(S(=O)(=O)NCCc2nnc(-c3ccccc3Cl)o2)c1. The van der Waals surface area contributed by atoms with Crippen LogP contribution in [-0.2, 0) is 16.4 Å². The van der Waals surface area contributed by atoms with Gasteiger partial charge < -0.3 is 4.42 Å². The lowest BCUT2D eigenvalue weighted by atomic mass is 10.2. The van der Waals surface area contributed by atoms with Gasteiger partial charge in [0.2, 0.25) is 21.8 Å². The summed E-state index contributed by atoms with van der Waals surface area (Å²) in [5.41, 5.74) is 1.52. The average Bonchev–Trinajstić information content (AvgIpc) is 3.04. The van der Waals surface area contributed by atoms with Crippen molar-refractivity contribution in [3.05, 3.63) is 65.0 Å². The second kappa shape index (κ2) is 7.35. The van der Waals surface area contributed by atoms with Gasteiger partial charge in [-0.1, -0.05) is 35.9 Å². The Hall–Kier alpha value is -2.22. The number of hydrogen-bond donors (Lipinski definition) is 1. The number of nitrogens with zero attached hydrogens (tertiary/aromatic N) is 2. The molecule has 0 saturated heterocycles. The van der Waals surface area contributed by atoms with Crippen molar-refractivity contribution >= 4 is 21.6 Å². The molecule has 0 unspecified atom stereocenters. The Bertz CT molecular complexity index is 986. The summed E-state index contributed by atoms with van der Waals surface area (Å²) in [6.45, 7) is 1.99. The Morgan fingerprint density at radius 3 is 2.68 bits per heavy atom. The maximum atomic E-state index is 12.3. The van der Waals surface area contributed by atoms with Crippen molar-refractivity contribution in [2.24, 2.45) is 0 Å². The third-order valence-electron chi connectivity index (χ3n) is 3.50. The Morgan fingerprint density at radius 1 is 1.12 bits per heavy atom. The summed E-state index contributed by atoms with van der Waals surface area (Å²) in [6.07, 6.45) is 0.280. The van der Waals surface area contributed by atoms with Gasteiger partial charge in [-0.3, -0.25) is 0 Å². The summed E-state index contributed by atoms with van der Waals surface area (Å²) >= 11 is 6.09. The van der Waals surface area contributed by atoms with Crippen LogP contribution in [-0.4, -0.2) is 25.2 Å². The van der Waals surface area contributed by atoms with Gasteiger partial charge in [-0.05, 0) is 36.8 Å². The Labute approximate surface area is 150 Å². The molecule has 0 atom stereocenters. The number of sulfonamides is 1. The Kier molecular flexibility index (Phi) is 5.17. The number of rotatable bonds is 6. The van der Waals surface area contributed by atoms with Gasteiger partial charge in [-0.2, -0.15) is 0 Å². The van der Waals surface area contributed by atoms with Crippen molar-refractivity contribution in [3.8, 4) is 11.5 Å². The van der Waals surface area contributed by atoms with Crippen LogP contribution in [0.2, 0.25) is 5.02 Å². The van der Waals surface area contributed by atoms with Gasteiger partial charge in [0.25, 0.3) is 0 Å². The summed E-state index contributed by atoms with van der Waals surface area (Å²) in [4.78, 5) is 0.231. The first kappa shape index (κ1) is 17.6. The van der Waals surface area contributed by atoms with Gasteiger partial charge in [0.15, 0.2) is 0 Å². The minimum absolute atomic E-state index is 0.153. The van der Waals surface area contributed by atoms with E-state index in [9.17, 15) is 8.42 Å². The molecule has 0 spiro atoms. The van der Waals surface area contributed by atoms with Crippen LogP contribution < -0.4 is 4.72 Å². The lowest BCUT2D eigenvalue weighted by Crippen LogP contribution is -2.26. The predicted molar refractivity (Wildman–Crippen MR) is 94.8 cm³/mol. The molecule has 0 aliphatic carbocycles. The molecule has 3 aromatic rings. The van der Waals surface area contributed by atoms with E-state index in [0.717, 1.165) is 5.56 Å². The van der Waals surface area contributed by atoms with E-state index >= 15 is 0 Å². The summed E-state index contributed by atoms with van der Waals surface area (Å²) < 4.78 is 32.6. The van der Waals surface area contributed by atoms with Crippen LogP contribution in [0.4, 0.5) is 0 Å². The molecule has 2 aromatic carbocycles. The minimum atomic E-state index is -3.57. The second-order valence-corrected chi connectivity index (χ2v) is 7.62. The van der Waals surface area contributed by atoms with E-state index in [0.29, 0.717) is 22.4 Å². The van der Waals surface area contributed by atoms with Crippen LogP contribution in [0.15, 0.2) is 57.8 Å². The minimum Gasteiger partial charge on any atom is -0.421 e. The Morgan fingerprint density at radius 2 is 1.92 bits per heavy atom. The first-order chi connectivity index (χ1) is 12.0. The van der Waals surface area contributed by atoms with Crippen molar-refractivity contribution in [2.45, 2.75) is 18.2 Å². The summed E-state index contributed by atoms with van der Waals surface area (Å²) in [5, 5.41) is 8.40. The topological polar surface area (TPSA) is 85.1 Å². The number of halogens is 1. The molecule has 0 radical (unpaired) electrons. The molecule has 130 valence electrons. The van der Waals surface area contributed by atoms with Crippen molar-refractivity contribution < 1.29 is 12.8 Å². The molecule has 0 aliphatic heterocycles. The van der Waals surface area contributed by atoms with E-state index in [1.807, 2.05) is 25.1 Å². The van der Waals surface area contributed by atoms with Crippen LogP contribution in [0.25, 0.3) is 11.5 Å². The molecule has 0 saturated carbocycles. The third-order valence-corrected chi connectivity index (χ3v) is 5.29. The van der Waals surface area contributed by atoms with Crippen molar-refractivity contribution in [2.75, 3.05) is 6.54 Å². The molecular formula is C17H16ClN3O3S. The van der Waals surface area contributed by atoms with Crippen LogP contribution in [0.1, 0.15) is 11.5 Å². The van der Waals surface area contributed by atoms with Gasteiger partial charge in [-0.25, -0.2) is 13.1 Å². The summed E-state index contributed by atoms with van der Waals surface area (Å²) in [6, 6.07) is 13.9.